The van der Waals surface area contributed by atoms with Crippen LogP contribution < -0.4 is 10.0 Å². The van der Waals surface area contributed by atoms with Crippen LogP contribution in [0.5, 0.6) is 0 Å². The summed E-state index contributed by atoms with van der Waals surface area (Å²) in [5.41, 5.74) is 1.47. The quantitative estimate of drug-likeness (QED) is 0.763. The van der Waals surface area contributed by atoms with Crippen molar-refractivity contribution in [3.63, 3.8) is 0 Å². The third-order valence-corrected chi connectivity index (χ3v) is 5.65. The van der Waals surface area contributed by atoms with Crippen LogP contribution in [-0.2, 0) is 14.8 Å². The van der Waals surface area contributed by atoms with Crippen LogP contribution in [0, 0.1) is 0 Å². The number of hydrogen-bond acceptors (Lipinski definition) is 4. The van der Waals surface area contributed by atoms with Crippen molar-refractivity contribution in [2.45, 2.75) is 37.8 Å². The molecule has 2 aromatic rings. The van der Waals surface area contributed by atoms with Gasteiger partial charge >= 0.3 is 6.09 Å². The van der Waals surface area contributed by atoms with Gasteiger partial charge in [0.25, 0.3) is 0 Å². The Bertz CT molecular complexity index is 899. The van der Waals surface area contributed by atoms with Gasteiger partial charge in [0.2, 0.25) is 10.0 Å². The van der Waals surface area contributed by atoms with Crippen LogP contribution in [0.4, 0.5) is 10.5 Å². The van der Waals surface area contributed by atoms with Gasteiger partial charge in [-0.15, -0.1) is 0 Å². The number of para-hydroxylation sites is 1. The highest BCUT2D eigenvalue weighted by molar-refractivity contribution is 7.92. The van der Waals surface area contributed by atoms with Crippen LogP contribution >= 0.6 is 0 Å². The normalized spacial score (nSPS) is 20.0. The summed E-state index contributed by atoms with van der Waals surface area (Å²) in [6, 6.07) is 18.1. The van der Waals surface area contributed by atoms with Crippen molar-refractivity contribution in [2.75, 3.05) is 5.32 Å². The molecule has 6 nitrogen and oxygen atoms in total. The van der Waals surface area contributed by atoms with Gasteiger partial charge in [-0.3, -0.25) is 5.32 Å². The number of carbonyl (C=O) groups is 1. The van der Waals surface area contributed by atoms with Crippen molar-refractivity contribution in [1.29, 1.82) is 0 Å². The summed E-state index contributed by atoms with van der Waals surface area (Å²) in [6.07, 6.45) is 3.41. The number of hydrogen-bond donors (Lipinski definition) is 2. The van der Waals surface area contributed by atoms with Crippen LogP contribution in [0.15, 0.2) is 66.1 Å². The molecule has 1 amide bonds. The molecule has 0 aliphatic heterocycles. The van der Waals surface area contributed by atoms with Gasteiger partial charge in [0.1, 0.15) is 6.10 Å². The average molecular weight is 401 g/mol. The van der Waals surface area contributed by atoms with Crippen LogP contribution in [-0.4, -0.2) is 26.7 Å². The van der Waals surface area contributed by atoms with Crippen molar-refractivity contribution in [3.8, 4) is 0 Å². The first-order valence-corrected chi connectivity index (χ1v) is 10.8. The highest BCUT2D eigenvalue weighted by Crippen LogP contribution is 2.22. The standard InChI is InChI=1S/C21H24N2O4S/c24-21(22-18-10-5-2-6-11-18)27-20-13-7-12-19(16-20)23-28(25,26)15-14-17-8-3-1-4-9-17/h1-6,8-11,14-15,19-20,23H,7,12-13,16H2,(H,22,24)/b15-14+. The Hall–Kier alpha value is -2.64. The minimum absolute atomic E-state index is 0.256. The van der Waals surface area contributed by atoms with Crippen molar-refractivity contribution in [2.24, 2.45) is 0 Å². The average Bonchev–Trinajstić information content (AvgIpc) is 2.68. The first-order valence-electron chi connectivity index (χ1n) is 9.28. The molecule has 0 radical (unpaired) electrons. The van der Waals surface area contributed by atoms with E-state index in [1.165, 1.54) is 5.41 Å². The lowest BCUT2D eigenvalue weighted by molar-refractivity contribution is 0.0793. The fourth-order valence-electron chi connectivity index (χ4n) is 3.18. The largest absolute Gasteiger partial charge is 0.446 e. The SMILES string of the molecule is O=C(Nc1ccccc1)OC1CCCC(NS(=O)(=O)/C=C/c2ccccc2)C1. The van der Waals surface area contributed by atoms with E-state index in [9.17, 15) is 13.2 Å². The van der Waals surface area contributed by atoms with Crippen molar-refractivity contribution < 1.29 is 17.9 Å². The van der Waals surface area contributed by atoms with E-state index in [4.69, 9.17) is 4.74 Å². The number of amides is 1. The minimum Gasteiger partial charge on any atom is -0.446 e. The van der Waals surface area contributed by atoms with E-state index >= 15 is 0 Å². The third-order valence-electron chi connectivity index (χ3n) is 4.49. The molecule has 2 unspecified atom stereocenters. The molecule has 0 heterocycles. The lowest BCUT2D eigenvalue weighted by atomic mass is 9.94. The Kier molecular flexibility index (Phi) is 6.84. The molecule has 7 heteroatoms. The van der Waals surface area contributed by atoms with Crippen LogP contribution in [0.2, 0.25) is 0 Å². The van der Waals surface area contributed by atoms with Gasteiger partial charge in [-0.1, -0.05) is 48.5 Å². The number of sulfonamides is 1. The highest BCUT2D eigenvalue weighted by Gasteiger charge is 2.27. The third kappa shape index (κ3) is 6.51. The van der Waals surface area contributed by atoms with Crippen LogP contribution in [0.1, 0.15) is 31.2 Å². The lowest BCUT2D eigenvalue weighted by Crippen LogP contribution is -2.40. The predicted molar refractivity (Wildman–Crippen MR) is 110 cm³/mol. The maximum absolute atomic E-state index is 12.3. The van der Waals surface area contributed by atoms with Crippen LogP contribution in [0.3, 0.4) is 0 Å². The van der Waals surface area contributed by atoms with Crippen molar-refractivity contribution in [1.82, 2.24) is 4.72 Å². The molecule has 0 aromatic heterocycles. The summed E-state index contributed by atoms with van der Waals surface area (Å²) in [5.74, 6) is 0. The number of rotatable bonds is 6. The Morgan fingerprint density at radius 2 is 1.68 bits per heavy atom. The molecule has 148 valence electrons. The Morgan fingerprint density at radius 1 is 1.00 bits per heavy atom. The maximum atomic E-state index is 12.3. The van der Waals surface area contributed by atoms with Gasteiger partial charge < -0.3 is 4.74 Å². The molecule has 0 saturated heterocycles. The van der Waals surface area contributed by atoms with E-state index < -0.39 is 16.1 Å². The van der Waals surface area contributed by atoms with Gasteiger partial charge in [0.05, 0.1) is 0 Å². The van der Waals surface area contributed by atoms with E-state index in [0.717, 1.165) is 24.8 Å². The topological polar surface area (TPSA) is 84.5 Å². The number of anilines is 1. The number of ether oxygens (including phenoxy) is 1. The highest BCUT2D eigenvalue weighted by atomic mass is 32.2. The summed E-state index contributed by atoms with van der Waals surface area (Å²) in [5, 5.41) is 3.86. The number of benzene rings is 2. The zero-order valence-corrected chi connectivity index (χ0v) is 16.3. The first kappa shape index (κ1) is 20.1. The molecule has 3 rings (SSSR count). The number of carbonyl (C=O) groups excluding carboxylic acids is 1. The summed E-state index contributed by atoms with van der Waals surface area (Å²) in [6.45, 7) is 0. The molecular formula is C21H24N2O4S. The smallest absolute Gasteiger partial charge is 0.411 e. The second kappa shape index (κ2) is 9.52. The van der Waals surface area contributed by atoms with E-state index in [1.54, 1.807) is 18.2 Å². The van der Waals surface area contributed by atoms with E-state index in [0.29, 0.717) is 12.1 Å². The Morgan fingerprint density at radius 3 is 2.39 bits per heavy atom. The van der Waals surface area contributed by atoms with E-state index in [1.807, 2.05) is 48.5 Å². The summed E-state index contributed by atoms with van der Waals surface area (Å²) >= 11 is 0. The van der Waals surface area contributed by atoms with Crippen molar-refractivity contribution in [3.05, 3.63) is 71.6 Å². The van der Waals surface area contributed by atoms with Gasteiger partial charge in [0.15, 0.2) is 0 Å². The molecule has 0 bridgehead atoms. The van der Waals surface area contributed by atoms with Gasteiger partial charge in [0, 0.05) is 23.6 Å². The fraction of sp³-hybridized carbons (Fsp3) is 0.286. The Balaban J connectivity index is 1.51. The molecule has 28 heavy (non-hydrogen) atoms. The summed E-state index contributed by atoms with van der Waals surface area (Å²) in [4.78, 5) is 12.0. The molecular weight excluding hydrogens is 376 g/mol. The molecule has 0 spiro atoms. The first-order chi connectivity index (χ1) is 13.5. The van der Waals surface area contributed by atoms with E-state index in [2.05, 4.69) is 10.0 Å². The molecule has 2 aromatic carbocycles. The van der Waals surface area contributed by atoms with Gasteiger partial charge in [-0.05, 0) is 43.0 Å². The van der Waals surface area contributed by atoms with E-state index in [-0.39, 0.29) is 12.1 Å². The summed E-state index contributed by atoms with van der Waals surface area (Å²) in [7, 11) is -3.57. The van der Waals surface area contributed by atoms with Gasteiger partial charge in [-0.2, -0.15) is 0 Å². The minimum atomic E-state index is -3.57. The summed E-state index contributed by atoms with van der Waals surface area (Å²) < 4.78 is 32.8. The van der Waals surface area contributed by atoms with Crippen molar-refractivity contribution >= 4 is 27.9 Å². The zero-order chi connectivity index (χ0) is 19.8. The number of nitrogens with one attached hydrogen (secondary N) is 2. The molecule has 1 aliphatic carbocycles. The van der Waals surface area contributed by atoms with Gasteiger partial charge in [-0.25, -0.2) is 17.9 Å². The van der Waals surface area contributed by atoms with Crippen LogP contribution in [0.25, 0.3) is 6.08 Å². The predicted octanol–water partition coefficient (Wildman–Crippen LogP) is 4.14. The monoisotopic (exact) mass is 400 g/mol. The molecule has 2 atom stereocenters. The second-order valence-electron chi connectivity index (χ2n) is 6.76. The zero-order valence-electron chi connectivity index (χ0n) is 15.5. The fourth-order valence-corrected chi connectivity index (χ4v) is 4.28. The molecule has 1 saturated carbocycles. The molecule has 1 aliphatic rings. The molecule has 1 fully saturated rings. The second-order valence-corrected chi connectivity index (χ2v) is 8.36. The Labute approximate surface area is 165 Å². The lowest BCUT2D eigenvalue weighted by Gasteiger charge is -2.29. The maximum Gasteiger partial charge on any atom is 0.411 e. The molecule has 2 N–H and O–H groups in total.